The Kier molecular flexibility index (Phi) is 5.29. The van der Waals surface area contributed by atoms with Gasteiger partial charge in [0.05, 0.1) is 12.1 Å². The van der Waals surface area contributed by atoms with Crippen molar-refractivity contribution in [2.45, 2.75) is 13.3 Å². The molecule has 0 radical (unpaired) electrons. The number of amides is 1. The molecule has 0 aliphatic heterocycles. The second kappa shape index (κ2) is 7.79. The standard InChI is InChI=1S/C21H22N2O2/c1-16-8-3-6-11-20(16)25-15-7-14-23(2)21(24)19-13-12-17-9-4-5-10-18(17)22-19/h3-6,8-13H,7,14-15H2,1-2H3. The number of benzene rings is 2. The first-order valence-corrected chi connectivity index (χ1v) is 8.45. The van der Waals surface area contributed by atoms with Crippen LogP contribution in [0.4, 0.5) is 0 Å². The molecule has 0 atom stereocenters. The minimum Gasteiger partial charge on any atom is -0.493 e. The van der Waals surface area contributed by atoms with Crippen LogP contribution in [0, 0.1) is 6.92 Å². The highest BCUT2D eigenvalue weighted by molar-refractivity contribution is 5.94. The van der Waals surface area contributed by atoms with E-state index in [1.165, 1.54) is 0 Å². The SMILES string of the molecule is Cc1ccccc1OCCCN(C)C(=O)c1ccc2ccccc2n1. The van der Waals surface area contributed by atoms with E-state index in [2.05, 4.69) is 4.98 Å². The fourth-order valence-corrected chi connectivity index (χ4v) is 2.68. The lowest BCUT2D eigenvalue weighted by Gasteiger charge is -2.17. The van der Waals surface area contributed by atoms with Crippen molar-refractivity contribution in [3.05, 3.63) is 71.9 Å². The molecule has 0 aliphatic rings. The van der Waals surface area contributed by atoms with Crippen LogP contribution in [0.25, 0.3) is 10.9 Å². The Hall–Kier alpha value is -2.88. The summed E-state index contributed by atoms with van der Waals surface area (Å²) in [6.45, 7) is 3.23. The Morgan fingerprint density at radius 3 is 2.64 bits per heavy atom. The second-order valence-electron chi connectivity index (χ2n) is 6.08. The van der Waals surface area contributed by atoms with E-state index in [9.17, 15) is 4.79 Å². The Labute approximate surface area is 148 Å². The molecule has 0 unspecified atom stereocenters. The van der Waals surface area contributed by atoms with Gasteiger partial charge in [-0.05, 0) is 37.1 Å². The van der Waals surface area contributed by atoms with Crippen LogP contribution in [0.1, 0.15) is 22.5 Å². The minimum atomic E-state index is -0.0679. The monoisotopic (exact) mass is 334 g/mol. The lowest BCUT2D eigenvalue weighted by atomic mass is 10.2. The fourth-order valence-electron chi connectivity index (χ4n) is 2.68. The summed E-state index contributed by atoms with van der Waals surface area (Å²) >= 11 is 0. The summed E-state index contributed by atoms with van der Waals surface area (Å²) in [7, 11) is 1.80. The van der Waals surface area contributed by atoms with Gasteiger partial charge in [0.1, 0.15) is 11.4 Å². The Morgan fingerprint density at radius 2 is 1.80 bits per heavy atom. The first-order chi connectivity index (χ1) is 12.1. The second-order valence-corrected chi connectivity index (χ2v) is 6.08. The van der Waals surface area contributed by atoms with Crippen LogP contribution in [0.2, 0.25) is 0 Å². The van der Waals surface area contributed by atoms with Gasteiger partial charge in [-0.1, -0.05) is 42.5 Å². The van der Waals surface area contributed by atoms with Gasteiger partial charge in [-0.3, -0.25) is 4.79 Å². The molecule has 1 amide bonds. The Balaban J connectivity index is 1.54. The number of pyridine rings is 1. The maximum Gasteiger partial charge on any atom is 0.272 e. The van der Waals surface area contributed by atoms with Crippen LogP contribution in [-0.4, -0.2) is 36.0 Å². The average Bonchev–Trinajstić information content (AvgIpc) is 2.65. The maximum absolute atomic E-state index is 12.5. The first-order valence-electron chi connectivity index (χ1n) is 8.45. The van der Waals surface area contributed by atoms with Gasteiger partial charge in [0.25, 0.3) is 5.91 Å². The molecule has 128 valence electrons. The highest BCUT2D eigenvalue weighted by Gasteiger charge is 2.13. The normalized spacial score (nSPS) is 10.6. The predicted octanol–water partition coefficient (Wildman–Crippen LogP) is 4.08. The van der Waals surface area contributed by atoms with Crippen LogP contribution in [0.3, 0.4) is 0 Å². The minimum absolute atomic E-state index is 0.0679. The van der Waals surface area contributed by atoms with E-state index < -0.39 is 0 Å². The summed E-state index contributed by atoms with van der Waals surface area (Å²) in [6, 6.07) is 19.5. The number of hydrogen-bond donors (Lipinski definition) is 0. The van der Waals surface area contributed by atoms with Gasteiger partial charge in [0, 0.05) is 19.0 Å². The number of hydrogen-bond acceptors (Lipinski definition) is 3. The zero-order valence-corrected chi connectivity index (χ0v) is 14.6. The first kappa shape index (κ1) is 17.0. The van der Waals surface area contributed by atoms with Crippen LogP contribution in [-0.2, 0) is 0 Å². The molecule has 2 aromatic carbocycles. The van der Waals surface area contributed by atoms with Gasteiger partial charge >= 0.3 is 0 Å². The molecule has 4 heteroatoms. The molecular formula is C21H22N2O2. The quantitative estimate of drug-likeness (QED) is 0.638. The van der Waals surface area contributed by atoms with Gasteiger partial charge < -0.3 is 9.64 Å². The average molecular weight is 334 g/mol. The molecule has 0 saturated carbocycles. The third-order valence-corrected chi connectivity index (χ3v) is 4.15. The number of rotatable bonds is 6. The molecule has 0 spiro atoms. The smallest absolute Gasteiger partial charge is 0.272 e. The maximum atomic E-state index is 12.5. The predicted molar refractivity (Wildman–Crippen MR) is 100.0 cm³/mol. The number of aromatic nitrogens is 1. The lowest BCUT2D eigenvalue weighted by Crippen LogP contribution is -2.29. The summed E-state index contributed by atoms with van der Waals surface area (Å²) < 4.78 is 5.78. The van der Waals surface area contributed by atoms with E-state index in [1.807, 2.05) is 61.5 Å². The summed E-state index contributed by atoms with van der Waals surface area (Å²) in [5.74, 6) is 0.828. The van der Waals surface area contributed by atoms with E-state index in [0.29, 0.717) is 18.8 Å². The van der Waals surface area contributed by atoms with Gasteiger partial charge in [-0.25, -0.2) is 4.98 Å². The molecule has 1 heterocycles. The lowest BCUT2D eigenvalue weighted by molar-refractivity contribution is 0.0782. The number of para-hydroxylation sites is 2. The molecule has 0 N–H and O–H groups in total. The van der Waals surface area contributed by atoms with E-state index in [0.717, 1.165) is 28.6 Å². The number of carbonyl (C=O) groups is 1. The van der Waals surface area contributed by atoms with E-state index >= 15 is 0 Å². The summed E-state index contributed by atoms with van der Waals surface area (Å²) in [6.07, 6.45) is 0.768. The van der Waals surface area contributed by atoms with Crippen molar-refractivity contribution < 1.29 is 9.53 Å². The van der Waals surface area contributed by atoms with E-state index in [4.69, 9.17) is 4.74 Å². The van der Waals surface area contributed by atoms with Crippen molar-refractivity contribution in [2.75, 3.05) is 20.2 Å². The van der Waals surface area contributed by atoms with Crippen molar-refractivity contribution in [3.8, 4) is 5.75 Å². The molecule has 0 bridgehead atoms. The molecule has 1 aromatic heterocycles. The van der Waals surface area contributed by atoms with Crippen molar-refractivity contribution in [3.63, 3.8) is 0 Å². The van der Waals surface area contributed by atoms with Crippen molar-refractivity contribution in [1.29, 1.82) is 0 Å². The third kappa shape index (κ3) is 4.15. The molecule has 0 fully saturated rings. The van der Waals surface area contributed by atoms with E-state index in [1.54, 1.807) is 18.0 Å². The third-order valence-electron chi connectivity index (χ3n) is 4.15. The summed E-state index contributed by atoms with van der Waals surface area (Å²) in [5.41, 5.74) is 2.43. The number of ether oxygens (including phenoxy) is 1. The van der Waals surface area contributed by atoms with Crippen LogP contribution in [0.15, 0.2) is 60.7 Å². The zero-order chi connectivity index (χ0) is 17.6. The van der Waals surface area contributed by atoms with Gasteiger partial charge in [-0.15, -0.1) is 0 Å². The molecule has 0 aliphatic carbocycles. The van der Waals surface area contributed by atoms with Crippen LogP contribution >= 0.6 is 0 Å². The summed E-state index contributed by atoms with van der Waals surface area (Å²) in [4.78, 5) is 18.7. The Morgan fingerprint density at radius 1 is 1.04 bits per heavy atom. The molecule has 3 aromatic rings. The van der Waals surface area contributed by atoms with Crippen LogP contribution < -0.4 is 4.74 Å². The van der Waals surface area contributed by atoms with Crippen molar-refractivity contribution >= 4 is 16.8 Å². The Bertz CT molecular complexity index is 876. The van der Waals surface area contributed by atoms with E-state index in [-0.39, 0.29) is 5.91 Å². The highest BCUT2D eigenvalue weighted by atomic mass is 16.5. The zero-order valence-electron chi connectivity index (χ0n) is 14.6. The molecule has 3 rings (SSSR count). The molecule has 25 heavy (non-hydrogen) atoms. The molecular weight excluding hydrogens is 312 g/mol. The highest BCUT2D eigenvalue weighted by Crippen LogP contribution is 2.16. The van der Waals surface area contributed by atoms with Crippen molar-refractivity contribution in [1.82, 2.24) is 9.88 Å². The number of nitrogens with zero attached hydrogens (tertiary/aromatic N) is 2. The number of carbonyl (C=O) groups excluding carboxylic acids is 1. The number of aryl methyl sites for hydroxylation is 1. The molecule has 0 saturated heterocycles. The van der Waals surface area contributed by atoms with Gasteiger partial charge in [0.2, 0.25) is 0 Å². The van der Waals surface area contributed by atoms with Crippen molar-refractivity contribution in [2.24, 2.45) is 0 Å². The fraction of sp³-hybridized carbons (Fsp3) is 0.238. The molecule has 4 nitrogen and oxygen atoms in total. The number of fused-ring (bicyclic) bond motifs is 1. The van der Waals surface area contributed by atoms with Gasteiger partial charge in [-0.2, -0.15) is 0 Å². The largest absolute Gasteiger partial charge is 0.493 e. The van der Waals surface area contributed by atoms with Crippen LogP contribution in [0.5, 0.6) is 5.75 Å². The summed E-state index contributed by atoms with van der Waals surface area (Å²) in [5, 5.41) is 1.04. The van der Waals surface area contributed by atoms with Gasteiger partial charge in [0.15, 0.2) is 0 Å². The topological polar surface area (TPSA) is 42.4 Å².